The second kappa shape index (κ2) is 9.07. The molecule has 3 rings (SSSR count). The fraction of sp³-hybridized carbons (Fsp3) is 0.526. The first kappa shape index (κ1) is 18.8. The Morgan fingerprint density at radius 2 is 1.81 bits per heavy atom. The predicted molar refractivity (Wildman–Crippen MR) is 103 cm³/mol. The van der Waals surface area contributed by atoms with Crippen LogP contribution < -0.4 is 4.74 Å². The van der Waals surface area contributed by atoms with E-state index in [9.17, 15) is 4.79 Å². The monoisotopic (exact) mass is 374 g/mol. The summed E-state index contributed by atoms with van der Waals surface area (Å²) in [4.78, 5) is 14.5. The number of benzene rings is 1. The molecular weight excluding hydrogens is 348 g/mol. The highest BCUT2D eigenvalue weighted by Crippen LogP contribution is 2.26. The first-order valence-electron chi connectivity index (χ1n) is 9.21. The quantitative estimate of drug-likeness (QED) is 0.725. The van der Waals surface area contributed by atoms with Crippen LogP contribution in [0.25, 0.3) is 11.4 Å². The Labute approximate surface area is 158 Å². The zero-order chi connectivity index (χ0) is 18.4. The van der Waals surface area contributed by atoms with Crippen LogP contribution in [0.4, 0.5) is 0 Å². The van der Waals surface area contributed by atoms with Gasteiger partial charge >= 0.3 is 0 Å². The van der Waals surface area contributed by atoms with E-state index in [1.807, 2.05) is 29.2 Å². The summed E-state index contributed by atoms with van der Waals surface area (Å²) in [5.74, 6) is 2.25. The fourth-order valence-corrected chi connectivity index (χ4v) is 4.08. The van der Waals surface area contributed by atoms with Crippen LogP contribution in [0.3, 0.4) is 0 Å². The number of nitrogens with zero attached hydrogens (tertiary/aromatic N) is 4. The van der Waals surface area contributed by atoms with E-state index in [0.717, 1.165) is 54.8 Å². The maximum Gasteiger partial charge on any atom is 0.233 e. The Morgan fingerprint density at radius 3 is 2.42 bits per heavy atom. The summed E-state index contributed by atoms with van der Waals surface area (Å²) in [6.07, 6.45) is 4.69. The number of carbonyl (C=O) groups excluding carboxylic acids is 1. The SMILES string of the molecule is CCn1c(SCC(=O)N2CCCCCC2)nnc1-c1ccc(OC)cc1. The molecule has 2 heterocycles. The highest BCUT2D eigenvalue weighted by Gasteiger charge is 2.18. The largest absolute Gasteiger partial charge is 0.497 e. The van der Waals surface area contributed by atoms with Crippen LogP contribution in [-0.2, 0) is 11.3 Å². The van der Waals surface area contributed by atoms with Crippen molar-refractivity contribution in [2.45, 2.75) is 44.3 Å². The zero-order valence-corrected chi connectivity index (χ0v) is 16.3. The Hall–Kier alpha value is -2.02. The van der Waals surface area contributed by atoms with Crippen LogP contribution in [0.1, 0.15) is 32.6 Å². The van der Waals surface area contributed by atoms with Crippen LogP contribution in [0.2, 0.25) is 0 Å². The molecule has 0 N–H and O–H groups in total. The van der Waals surface area contributed by atoms with Gasteiger partial charge in [0.25, 0.3) is 0 Å². The summed E-state index contributed by atoms with van der Waals surface area (Å²) in [5, 5.41) is 9.45. The second-order valence-corrected chi connectivity index (χ2v) is 7.31. The van der Waals surface area contributed by atoms with Gasteiger partial charge in [0.05, 0.1) is 12.9 Å². The third kappa shape index (κ3) is 4.38. The van der Waals surface area contributed by atoms with Crippen LogP contribution in [0, 0.1) is 0 Å². The van der Waals surface area contributed by atoms with Gasteiger partial charge in [0, 0.05) is 25.2 Å². The molecule has 1 fully saturated rings. The Kier molecular flexibility index (Phi) is 6.55. The molecule has 7 heteroatoms. The Morgan fingerprint density at radius 1 is 1.12 bits per heavy atom. The summed E-state index contributed by atoms with van der Waals surface area (Å²) < 4.78 is 7.27. The maximum atomic E-state index is 12.5. The van der Waals surface area contributed by atoms with Gasteiger partial charge in [-0.15, -0.1) is 10.2 Å². The minimum absolute atomic E-state index is 0.202. The van der Waals surface area contributed by atoms with Crippen molar-refractivity contribution in [1.29, 1.82) is 0 Å². The van der Waals surface area contributed by atoms with Gasteiger partial charge in [-0.1, -0.05) is 24.6 Å². The average Bonchev–Trinajstić information content (AvgIpc) is 2.89. The molecule has 0 atom stereocenters. The number of hydrogen-bond acceptors (Lipinski definition) is 5. The number of methoxy groups -OCH3 is 1. The van der Waals surface area contributed by atoms with Gasteiger partial charge in [-0.2, -0.15) is 0 Å². The van der Waals surface area contributed by atoms with E-state index in [1.54, 1.807) is 7.11 Å². The summed E-state index contributed by atoms with van der Waals surface area (Å²) in [5.41, 5.74) is 0.992. The number of thioether (sulfide) groups is 1. The molecule has 26 heavy (non-hydrogen) atoms. The molecule has 0 bridgehead atoms. The van der Waals surface area contributed by atoms with Crippen molar-refractivity contribution in [2.75, 3.05) is 26.0 Å². The van der Waals surface area contributed by atoms with Gasteiger partial charge in [0.15, 0.2) is 11.0 Å². The predicted octanol–water partition coefficient (Wildman–Crippen LogP) is 3.47. The summed E-state index contributed by atoms with van der Waals surface area (Å²) in [7, 11) is 1.65. The third-order valence-corrected chi connectivity index (χ3v) is 5.62. The van der Waals surface area contributed by atoms with Crippen LogP contribution in [0.5, 0.6) is 5.75 Å². The van der Waals surface area contributed by atoms with E-state index >= 15 is 0 Å². The molecule has 0 unspecified atom stereocenters. The standard InChI is InChI=1S/C19H26N4O2S/c1-3-23-18(15-8-10-16(25-2)11-9-15)20-21-19(23)26-14-17(24)22-12-6-4-5-7-13-22/h8-11H,3-7,12-14H2,1-2H3. The number of ether oxygens (including phenoxy) is 1. The van der Waals surface area contributed by atoms with E-state index in [4.69, 9.17) is 4.74 Å². The normalized spacial score (nSPS) is 14.9. The van der Waals surface area contributed by atoms with E-state index < -0.39 is 0 Å². The van der Waals surface area contributed by atoms with Gasteiger partial charge in [-0.25, -0.2) is 0 Å². The molecule has 0 spiro atoms. The van der Waals surface area contributed by atoms with Crippen LogP contribution >= 0.6 is 11.8 Å². The molecule has 0 aliphatic carbocycles. The van der Waals surface area contributed by atoms with Crippen LogP contribution in [0.15, 0.2) is 29.4 Å². The van der Waals surface area contributed by atoms with Crippen molar-refractivity contribution in [1.82, 2.24) is 19.7 Å². The molecule has 1 amide bonds. The smallest absolute Gasteiger partial charge is 0.233 e. The molecule has 1 aliphatic rings. The average molecular weight is 375 g/mol. The minimum Gasteiger partial charge on any atom is -0.497 e. The van der Waals surface area contributed by atoms with Crippen molar-refractivity contribution in [2.24, 2.45) is 0 Å². The van der Waals surface area contributed by atoms with Crippen molar-refractivity contribution in [3.63, 3.8) is 0 Å². The number of likely N-dealkylation sites (tertiary alicyclic amines) is 1. The van der Waals surface area contributed by atoms with Crippen molar-refractivity contribution < 1.29 is 9.53 Å². The van der Waals surface area contributed by atoms with E-state index in [-0.39, 0.29) is 5.91 Å². The molecule has 1 aliphatic heterocycles. The zero-order valence-electron chi connectivity index (χ0n) is 15.5. The van der Waals surface area contributed by atoms with E-state index in [2.05, 4.69) is 21.7 Å². The van der Waals surface area contributed by atoms with E-state index in [0.29, 0.717) is 5.75 Å². The molecule has 6 nitrogen and oxygen atoms in total. The Bertz CT molecular complexity index is 722. The Balaban J connectivity index is 1.68. The lowest BCUT2D eigenvalue weighted by molar-refractivity contribution is -0.128. The molecule has 1 aromatic heterocycles. The lowest BCUT2D eigenvalue weighted by atomic mass is 10.2. The summed E-state index contributed by atoms with van der Waals surface area (Å²) >= 11 is 1.48. The number of aromatic nitrogens is 3. The number of rotatable bonds is 6. The molecule has 1 saturated heterocycles. The second-order valence-electron chi connectivity index (χ2n) is 6.36. The summed E-state index contributed by atoms with van der Waals surface area (Å²) in [6.45, 7) is 4.60. The van der Waals surface area contributed by atoms with Crippen molar-refractivity contribution in [3.05, 3.63) is 24.3 Å². The van der Waals surface area contributed by atoms with Crippen molar-refractivity contribution in [3.8, 4) is 17.1 Å². The molecule has 2 aromatic rings. The minimum atomic E-state index is 0.202. The number of amides is 1. The third-order valence-electron chi connectivity index (χ3n) is 4.66. The van der Waals surface area contributed by atoms with Gasteiger partial charge in [-0.05, 0) is 44.0 Å². The van der Waals surface area contributed by atoms with Crippen molar-refractivity contribution >= 4 is 17.7 Å². The highest BCUT2D eigenvalue weighted by molar-refractivity contribution is 7.99. The molecule has 0 radical (unpaired) electrons. The number of hydrogen-bond donors (Lipinski definition) is 0. The van der Waals surface area contributed by atoms with E-state index in [1.165, 1.54) is 24.6 Å². The first-order chi connectivity index (χ1) is 12.7. The molecule has 1 aromatic carbocycles. The summed E-state index contributed by atoms with van der Waals surface area (Å²) in [6, 6.07) is 7.79. The maximum absolute atomic E-state index is 12.5. The van der Waals surface area contributed by atoms with Gasteiger partial charge < -0.3 is 14.2 Å². The number of carbonyl (C=O) groups is 1. The first-order valence-corrected chi connectivity index (χ1v) is 10.2. The molecule has 0 saturated carbocycles. The molecular formula is C19H26N4O2S. The topological polar surface area (TPSA) is 60.2 Å². The molecule has 140 valence electrons. The van der Waals surface area contributed by atoms with Gasteiger partial charge in [-0.3, -0.25) is 4.79 Å². The lowest BCUT2D eigenvalue weighted by Crippen LogP contribution is -2.33. The highest BCUT2D eigenvalue weighted by atomic mass is 32.2. The lowest BCUT2D eigenvalue weighted by Gasteiger charge is -2.19. The van der Waals surface area contributed by atoms with Gasteiger partial charge in [0.2, 0.25) is 5.91 Å². The fourth-order valence-electron chi connectivity index (χ4n) is 3.17. The van der Waals surface area contributed by atoms with Gasteiger partial charge in [0.1, 0.15) is 5.75 Å². The van der Waals surface area contributed by atoms with Crippen LogP contribution in [-0.4, -0.2) is 51.5 Å².